The van der Waals surface area contributed by atoms with Crippen LogP contribution in [-0.2, 0) is 17.9 Å². The van der Waals surface area contributed by atoms with Crippen molar-refractivity contribution in [2.75, 3.05) is 39.8 Å². The van der Waals surface area contributed by atoms with E-state index >= 15 is 0 Å². The minimum absolute atomic E-state index is 0.364. The molecule has 1 spiro atoms. The number of pyridine rings is 1. The molecular weight excluding hydrogens is 314 g/mol. The summed E-state index contributed by atoms with van der Waals surface area (Å²) in [4.78, 5) is 9.38. The fourth-order valence-electron chi connectivity index (χ4n) is 4.54. The van der Waals surface area contributed by atoms with Gasteiger partial charge in [0.15, 0.2) is 0 Å². The first-order valence-corrected chi connectivity index (χ1v) is 9.13. The number of hydrogen-bond donors (Lipinski definition) is 0. The van der Waals surface area contributed by atoms with Crippen molar-refractivity contribution in [2.45, 2.75) is 19.6 Å². The van der Waals surface area contributed by atoms with Gasteiger partial charge in [0, 0.05) is 49.3 Å². The third-order valence-electron chi connectivity index (χ3n) is 5.73. The van der Waals surface area contributed by atoms with E-state index in [2.05, 4.69) is 27.9 Å². The summed E-state index contributed by atoms with van der Waals surface area (Å²) in [6, 6.07) is 8.05. The van der Waals surface area contributed by atoms with Crippen molar-refractivity contribution in [2.24, 2.45) is 11.3 Å². The van der Waals surface area contributed by atoms with Crippen molar-refractivity contribution in [3.63, 3.8) is 0 Å². The van der Waals surface area contributed by atoms with E-state index in [1.807, 2.05) is 30.7 Å². The molecule has 5 nitrogen and oxygen atoms in total. The Labute approximate surface area is 149 Å². The van der Waals surface area contributed by atoms with Crippen LogP contribution in [-0.4, -0.2) is 54.6 Å². The predicted octanol–water partition coefficient (Wildman–Crippen LogP) is 2.65. The van der Waals surface area contributed by atoms with Gasteiger partial charge in [-0.2, -0.15) is 0 Å². The molecule has 5 heteroatoms. The smallest absolute Gasteiger partial charge is 0.0947 e. The van der Waals surface area contributed by atoms with Gasteiger partial charge >= 0.3 is 0 Å². The van der Waals surface area contributed by atoms with Crippen molar-refractivity contribution in [3.05, 3.63) is 54.2 Å². The second-order valence-corrected chi connectivity index (χ2v) is 7.68. The summed E-state index contributed by atoms with van der Waals surface area (Å²) < 4.78 is 11.3. The van der Waals surface area contributed by atoms with Crippen LogP contribution in [0.2, 0.25) is 0 Å². The predicted molar refractivity (Wildman–Crippen MR) is 95.9 cm³/mol. The third-order valence-corrected chi connectivity index (χ3v) is 5.73. The maximum atomic E-state index is 6.06. The van der Waals surface area contributed by atoms with E-state index in [0.717, 1.165) is 38.5 Å². The van der Waals surface area contributed by atoms with E-state index < -0.39 is 0 Å². The lowest BCUT2D eigenvalue weighted by atomic mass is 9.77. The Morgan fingerprint density at radius 1 is 1.32 bits per heavy atom. The van der Waals surface area contributed by atoms with Gasteiger partial charge in [-0.3, -0.25) is 9.88 Å². The summed E-state index contributed by atoms with van der Waals surface area (Å²) >= 11 is 0. The van der Waals surface area contributed by atoms with E-state index in [1.165, 1.54) is 18.5 Å². The first-order chi connectivity index (χ1) is 12.2. The lowest BCUT2D eigenvalue weighted by molar-refractivity contribution is 0.0501. The number of rotatable bonds is 6. The van der Waals surface area contributed by atoms with Gasteiger partial charge in [0.05, 0.1) is 31.4 Å². The Morgan fingerprint density at radius 3 is 3.08 bits per heavy atom. The molecule has 0 aliphatic carbocycles. The van der Waals surface area contributed by atoms with Crippen LogP contribution < -0.4 is 0 Å². The maximum absolute atomic E-state index is 6.06. The molecule has 0 N–H and O–H groups in total. The summed E-state index contributed by atoms with van der Waals surface area (Å²) in [6.45, 7) is 7.03. The van der Waals surface area contributed by atoms with E-state index in [9.17, 15) is 0 Å². The maximum Gasteiger partial charge on any atom is 0.0947 e. The first kappa shape index (κ1) is 16.8. The molecule has 25 heavy (non-hydrogen) atoms. The lowest BCUT2D eigenvalue weighted by Gasteiger charge is -2.30. The monoisotopic (exact) mass is 341 g/mol. The van der Waals surface area contributed by atoms with Crippen LogP contribution >= 0.6 is 0 Å². The third kappa shape index (κ3) is 3.78. The van der Waals surface area contributed by atoms with Crippen molar-refractivity contribution >= 4 is 0 Å². The highest BCUT2D eigenvalue weighted by molar-refractivity contribution is 5.08. The zero-order valence-corrected chi connectivity index (χ0v) is 14.9. The van der Waals surface area contributed by atoms with Crippen molar-refractivity contribution in [3.8, 4) is 0 Å². The van der Waals surface area contributed by atoms with Crippen molar-refractivity contribution < 1.29 is 9.15 Å². The molecule has 0 radical (unpaired) electrons. The molecule has 2 aromatic heterocycles. The number of likely N-dealkylation sites (tertiary alicyclic amines) is 2. The molecule has 0 saturated carbocycles. The zero-order chi connectivity index (χ0) is 17.1. The fourth-order valence-corrected chi connectivity index (χ4v) is 4.54. The van der Waals surface area contributed by atoms with E-state index in [4.69, 9.17) is 9.15 Å². The van der Waals surface area contributed by atoms with Crippen molar-refractivity contribution in [1.29, 1.82) is 0 Å². The fraction of sp³-hybridized carbons (Fsp3) is 0.550. The zero-order valence-electron chi connectivity index (χ0n) is 14.9. The Kier molecular flexibility index (Phi) is 4.88. The minimum atomic E-state index is 0.364. The molecule has 134 valence electrons. The molecule has 0 bridgehead atoms. The van der Waals surface area contributed by atoms with Gasteiger partial charge in [0.25, 0.3) is 0 Å². The van der Waals surface area contributed by atoms with Gasteiger partial charge in [-0.1, -0.05) is 6.07 Å². The van der Waals surface area contributed by atoms with Crippen LogP contribution in [0.1, 0.15) is 17.7 Å². The van der Waals surface area contributed by atoms with E-state index in [1.54, 1.807) is 6.26 Å². The van der Waals surface area contributed by atoms with Gasteiger partial charge in [0.2, 0.25) is 0 Å². The summed E-state index contributed by atoms with van der Waals surface area (Å²) in [5, 5.41) is 0. The molecule has 2 fully saturated rings. The van der Waals surface area contributed by atoms with Crippen molar-refractivity contribution in [1.82, 2.24) is 14.8 Å². The summed E-state index contributed by atoms with van der Waals surface area (Å²) in [5.74, 6) is 0.593. The Balaban J connectivity index is 1.34. The standard InChI is InChI=1S/C20H27N3O2/c1-22-11-18(13-25-14-19-4-2-3-7-21-19)20(15-22)6-8-23(16-20)10-17-5-9-24-12-17/h2-5,7,9,12,18H,6,8,10-11,13-16H2,1H3/t18-,20-/m1/s1. The molecule has 4 heterocycles. The quantitative estimate of drug-likeness (QED) is 0.808. The van der Waals surface area contributed by atoms with Gasteiger partial charge in [-0.15, -0.1) is 0 Å². The van der Waals surface area contributed by atoms with Gasteiger partial charge < -0.3 is 14.1 Å². The molecule has 2 saturated heterocycles. The SMILES string of the molecule is CN1C[C@H](COCc2ccccn2)[C@]2(CCN(Cc3ccoc3)C2)C1. The molecule has 2 atom stereocenters. The number of hydrogen-bond acceptors (Lipinski definition) is 5. The topological polar surface area (TPSA) is 41.7 Å². The van der Waals surface area contributed by atoms with E-state index in [0.29, 0.717) is 17.9 Å². The molecule has 0 aromatic carbocycles. The van der Waals surface area contributed by atoms with Gasteiger partial charge in [-0.05, 0) is 38.2 Å². The summed E-state index contributed by atoms with van der Waals surface area (Å²) in [6.07, 6.45) is 6.71. The molecule has 0 amide bonds. The summed E-state index contributed by atoms with van der Waals surface area (Å²) in [7, 11) is 2.24. The van der Waals surface area contributed by atoms with Crippen LogP contribution in [0.15, 0.2) is 47.4 Å². The molecule has 2 aromatic rings. The second kappa shape index (κ2) is 7.28. The van der Waals surface area contributed by atoms with Crippen LogP contribution in [0.5, 0.6) is 0 Å². The Morgan fingerprint density at radius 2 is 2.28 bits per heavy atom. The largest absolute Gasteiger partial charge is 0.472 e. The van der Waals surface area contributed by atoms with Gasteiger partial charge in [-0.25, -0.2) is 0 Å². The number of nitrogens with zero attached hydrogens (tertiary/aromatic N) is 3. The molecular formula is C20H27N3O2. The minimum Gasteiger partial charge on any atom is -0.472 e. The number of furan rings is 1. The highest BCUT2D eigenvalue weighted by atomic mass is 16.5. The van der Waals surface area contributed by atoms with Crippen LogP contribution in [0.4, 0.5) is 0 Å². The average Bonchev–Trinajstić information content (AvgIpc) is 3.32. The molecule has 2 aliphatic rings. The van der Waals surface area contributed by atoms with Crippen LogP contribution in [0.25, 0.3) is 0 Å². The highest BCUT2D eigenvalue weighted by Gasteiger charge is 2.49. The molecule has 4 rings (SSSR count). The average molecular weight is 341 g/mol. The van der Waals surface area contributed by atoms with Gasteiger partial charge in [0.1, 0.15) is 0 Å². The summed E-state index contributed by atoms with van der Waals surface area (Å²) in [5.41, 5.74) is 2.64. The Hall–Kier alpha value is -1.69. The lowest BCUT2D eigenvalue weighted by Crippen LogP contribution is -2.36. The Bertz CT molecular complexity index is 661. The number of ether oxygens (including phenoxy) is 1. The second-order valence-electron chi connectivity index (χ2n) is 7.68. The number of aromatic nitrogens is 1. The normalized spacial score (nSPS) is 27.5. The van der Waals surface area contributed by atoms with E-state index in [-0.39, 0.29) is 0 Å². The van der Waals surface area contributed by atoms with Crippen LogP contribution in [0.3, 0.4) is 0 Å². The van der Waals surface area contributed by atoms with Crippen LogP contribution in [0, 0.1) is 11.3 Å². The first-order valence-electron chi connectivity index (χ1n) is 9.13. The highest BCUT2D eigenvalue weighted by Crippen LogP contribution is 2.43. The molecule has 2 aliphatic heterocycles. The molecule has 0 unspecified atom stereocenters.